The number of aryl methyl sites for hydroxylation is 1. The van der Waals surface area contributed by atoms with Gasteiger partial charge in [0.05, 0.1) is 19.3 Å². The molecule has 0 saturated carbocycles. The largest absolute Gasteiger partial charge is 0.495 e. The number of nitrogens with one attached hydrogen (secondary N) is 1. The standard InChI is InChI=1S/C18H21ClN2O5/c1-11-14(18(23)24)9-13(26-11)10-21(2)17(22)6-7-20-15-8-12(19)4-5-16(15)25-3/h4-5,8-9,20H,6-7,10H2,1-3H3,(H,23,24). The van der Waals surface area contributed by atoms with Crippen LogP contribution in [0, 0.1) is 6.92 Å². The van der Waals surface area contributed by atoms with Crippen LogP contribution in [0.3, 0.4) is 0 Å². The van der Waals surface area contributed by atoms with Crippen molar-refractivity contribution in [2.24, 2.45) is 0 Å². The molecule has 0 unspecified atom stereocenters. The van der Waals surface area contributed by atoms with E-state index in [1.165, 1.54) is 11.0 Å². The van der Waals surface area contributed by atoms with Gasteiger partial charge in [-0.15, -0.1) is 0 Å². The zero-order valence-electron chi connectivity index (χ0n) is 14.8. The number of hydrogen-bond acceptors (Lipinski definition) is 5. The van der Waals surface area contributed by atoms with Crippen molar-refractivity contribution in [2.75, 3.05) is 26.0 Å². The van der Waals surface area contributed by atoms with E-state index in [4.69, 9.17) is 25.9 Å². The SMILES string of the molecule is COc1ccc(Cl)cc1NCCC(=O)N(C)Cc1cc(C(=O)O)c(C)o1. The van der Waals surface area contributed by atoms with Crippen LogP contribution >= 0.6 is 11.6 Å². The lowest BCUT2D eigenvalue weighted by atomic mass is 10.2. The van der Waals surface area contributed by atoms with Gasteiger partial charge in [-0.2, -0.15) is 0 Å². The van der Waals surface area contributed by atoms with E-state index in [1.807, 2.05) is 0 Å². The third-order valence-corrected chi connectivity index (χ3v) is 4.07. The maximum absolute atomic E-state index is 12.3. The van der Waals surface area contributed by atoms with Crippen molar-refractivity contribution in [2.45, 2.75) is 19.9 Å². The number of ether oxygens (including phenoxy) is 1. The average molecular weight is 381 g/mol. The van der Waals surface area contributed by atoms with E-state index in [-0.39, 0.29) is 24.4 Å². The van der Waals surface area contributed by atoms with E-state index in [0.29, 0.717) is 34.5 Å². The van der Waals surface area contributed by atoms with Crippen LogP contribution < -0.4 is 10.1 Å². The number of anilines is 1. The summed E-state index contributed by atoms with van der Waals surface area (Å²) < 4.78 is 10.6. The van der Waals surface area contributed by atoms with Gasteiger partial charge in [-0.25, -0.2) is 4.79 Å². The third-order valence-electron chi connectivity index (χ3n) is 3.83. The van der Waals surface area contributed by atoms with Gasteiger partial charge in [0, 0.05) is 25.0 Å². The Hall–Kier alpha value is -2.67. The number of methoxy groups -OCH3 is 1. The van der Waals surface area contributed by atoms with Crippen molar-refractivity contribution < 1.29 is 23.8 Å². The van der Waals surface area contributed by atoms with Crippen molar-refractivity contribution >= 4 is 29.2 Å². The maximum Gasteiger partial charge on any atom is 0.339 e. The van der Waals surface area contributed by atoms with Crippen LogP contribution in [0.2, 0.25) is 5.02 Å². The lowest BCUT2D eigenvalue weighted by Gasteiger charge is -2.17. The maximum atomic E-state index is 12.3. The summed E-state index contributed by atoms with van der Waals surface area (Å²) in [5.74, 6) is 0.237. The fourth-order valence-electron chi connectivity index (χ4n) is 2.47. The van der Waals surface area contributed by atoms with Crippen LogP contribution in [0.5, 0.6) is 5.75 Å². The quantitative estimate of drug-likeness (QED) is 0.729. The van der Waals surface area contributed by atoms with Crippen LogP contribution in [-0.4, -0.2) is 42.6 Å². The molecule has 140 valence electrons. The molecule has 0 aliphatic heterocycles. The highest BCUT2D eigenvalue weighted by atomic mass is 35.5. The summed E-state index contributed by atoms with van der Waals surface area (Å²) in [5, 5.41) is 12.7. The molecule has 8 heteroatoms. The van der Waals surface area contributed by atoms with Crippen LogP contribution in [0.15, 0.2) is 28.7 Å². The van der Waals surface area contributed by atoms with Gasteiger partial charge in [-0.05, 0) is 31.2 Å². The zero-order valence-corrected chi connectivity index (χ0v) is 15.6. The van der Waals surface area contributed by atoms with Gasteiger partial charge < -0.3 is 24.5 Å². The van der Waals surface area contributed by atoms with Gasteiger partial charge in [0.25, 0.3) is 0 Å². The first kappa shape index (κ1) is 19.7. The van der Waals surface area contributed by atoms with Crippen LogP contribution in [0.4, 0.5) is 5.69 Å². The minimum absolute atomic E-state index is 0.107. The Kier molecular flexibility index (Phi) is 6.52. The number of halogens is 1. The Morgan fingerprint density at radius 1 is 1.35 bits per heavy atom. The van der Waals surface area contributed by atoms with E-state index >= 15 is 0 Å². The van der Waals surface area contributed by atoms with Crippen LogP contribution in [-0.2, 0) is 11.3 Å². The summed E-state index contributed by atoms with van der Waals surface area (Å²) in [6, 6.07) is 6.64. The molecule has 26 heavy (non-hydrogen) atoms. The molecule has 1 aromatic heterocycles. The fraction of sp³-hybridized carbons (Fsp3) is 0.333. The number of nitrogens with zero attached hydrogens (tertiary/aromatic N) is 1. The second-order valence-corrected chi connectivity index (χ2v) is 6.20. The molecule has 7 nitrogen and oxygen atoms in total. The van der Waals surface area contributed by atoms with Gasteiger partial charge in [0.2, 0.25) is 5.91 Å². The summed E-state index contributed by atoms with van der Waals surface area (Å²) in [4.78, 5) is 24.8. The monoisotopic (exact) mass is 380 g/mol. The third kappa shape index (κ3) is 4.92. The first-order chi connectivity index (χ1) is 12.3. The minimum atomic E-state index is -1.05. The van der Waals surface area contributed by atoms with Gasteiger partial charge >= 0.3 is 5.97 Å². The molecular formula is C18H21ClN2O5. The molecule has 0 atom stereocenters. The number of hydrogen-bond donors (Lipinski definition) is 2. The number of aromatic carboxylic acids is 1. The molecule has 2 N–H and O–H groups in total. The number of benzene rings is 1. The highest BCUT2D eigenvalue weighted by Crippen LogP contribution is 2.27. The molecule has 2 rings (SSSR count). The lowest BCUT2D eigenvalue weighted by Crippen LogP contribution is -2.27. The molecule has 1 amide bonds. The molecule has 0 saturated heterocycles. The summed E-state index contributed by atoms with van der Waals surface area (Å²) in [6.07, 6.45) is 0.248. The molecule has 1 heterocycles. The van der Waals surface area contributed by atoms with Gasteiger partial charge in [-0.3, -0.25) is 4.79 Å². The highest BCUT2D eigenvalue weighted by Gasteiger charge is 2.17. The molecule has 0 aliphatic rings. The molecular weight excluding hydrogens is 360 g/mol. The van der Waals surface area contributed by atoms with E-state index < -0.39 is 5.97 Å². The Morgan fingerprint density at radius 2 is 2.08 bits per heavy atom. The van der Waals surface area contributed by atoms with E-state index in [1.54, 1.807) is 39.3 Å². The van der Waals surface area contributed by atoms with Crippen molar-refractivity contribution in [1.82, 2.24) is 4.90 Å². The Labute approximate surface area is 156 Å². The predicted octanol–water partition coefficient (Wildman–Crippen LogP) is 3.41. The molecule has 1 aromatic carbocycles. The Balaban J connectivity index is 1.89. The average Bonchev–Trinajstić information content (AvgIpc) is 2.95. The summed E-state index contributed by atoms with van der Waals surface area (Å²) in [6.45, 7) is 2.18. The molecule has 2 aromatic rings. The molecule has 0 aliphatic carbocycles. The second kappa shape index (κ2) is 8.62. The van der Waals surface area contributed by atoms with Gasteiger partial charge in [0.1, 0.15) is 22.8 Å². The number of furan rings is 1. The number of carboxylic acid groups (broad SMARTS) is 1. The molecule has 0 spiro atoms. The molecule has 0 fully saturated rings. The van der Waals surface area contributed by atoms with E-state index in [2.05, 4.69) is 5.32 Å². The minimum Gasteiger partial charge on any atom is -0.495 e. The van der Waals surface area contributed by atoms with Crippen LogP contribution in [0.25, 0.3) is 0 Å². The molecule has 0 bridgehead atoms. The fourth-order valence-corrected chi connectivity index (χ4v) is 2.64. The number of rotatable bonds is 8. The summed E-state index contributed by atoms with van der Waals surface area (Å²) >= 11 is 5.97. The van der Waals surface area contributed by atoms with Gasteiger partial charge in [-0.1, -0.05) is 11.6 Å². The van der Waals surface area contributed by atoms with Gasteiger partial charge in [0.15, 0.2) is 0 Å². The normalized spacial score (nSPS) is 10.5. The first-order valence-electron chi connectivity index (χ1n) is 7.95. The van der Waals surface area contributed by atoms with Crippen molar-refractivity contribution in [3.63, 3.8) is 0 Å². The molecule has 0 radical (unpaired) electrons. The highest BCUT2D eigenvalue weighted by molar-refractivity contribution is 6.30. The smallest absolute Gasteiger partial charge is 0.339 e. The van der Waals surface area contributed by atoms with Crippen LogP contribution in [0.1, 0.15) is 28.3 Å². The van der Waals surface area contributed by atoms with Crippen molar-refractivity contribution in [3.8, 4) is 5.75 Å². The number of carboxylic acids is 1. The number of carbonyl (C=O) groups excluding carboxylic acids is 1. The second-order valence-electron chi connectivity index (χ2n) is 5.76. The first-order valence-corrected chi connectivity index (χ1v) is 8.33. The summed E-state index contributed by atoms with van der Waals surface area (Å²) in [7, 11) is 3.20. The number of carbonyl (C=O) groups is 2. The van der Waals surface area contributed by atoms with E-state index in [9.17, 15) is 9.59 Å². The topological polar surface area (TPSA) is 92.0 Å². The van der Waals surface area contributed by atoms with E-state index in [0.717, 1.165) is 0 Å². The lowest BCUT2D eigenvalue weighted by molar-refractivity contribution is -0.130. The van der Waals surface area contributed by atoms with Crippen molar-refractivity contribution in [1.29, 1.82) is 0 Å². The Bertz CT molecular complexity index is 803. The summed E-state index contributed by atoms with van der Waals surface area (Å²) in [5.41, 5.74) is 0.818. The van der Waals surface area contributed by atoms with Crippen molar-refractivity contribution in [3.05, 3.63) is 46.4 Å². The Morgan fingerprint density at radius 3 is 2.69 bits per heavy atom. The predicted molar refractivity (Wildman–Crippen MR) is 98.0 cm³/mol. The number of amides is 1. The zero-order chi connectivity index (χ0) is 19.3.